The maximum Gasteiger partial charge on any atom is 0.224 e. The molecule has 0 radical (unpaired) electrons. The number of nitrogens with zero attached hydrogens (tertiary/aromatic N) is 2. The Bertz CT molecular complexity index is 793. The van der Waals surface area contributed by atoms with E-state index in [4.69, 9.17) is 0 Å². The lowest BCUT2D eigenvalue weighted by Crippen LogP contribution is -2.33. The van der Waals surface area contributed by atoms with Crippen molar-refractivity contribution >= 4 is 11.8 Å². The summed E-state index contributed by atoms with van der Waals surface area (Å²) >= 11 is 0. The van der Waals surface area contributed by atoms with Gasteiger partial charge in [0.1, 0.15) is 11.6 Å². The molecule has 1 aromatic carbocycles. The minimum Gasteiger partial charge on any atom is -0.355 e. The fraction of sp³-hybridized carbons (Fsp3) is 0.316. The molecule has 3 rings (SSSR count). The second-order valence-electron chi connectivity index (χ2n) is 6.38. The Morgan fingerprint density at radius 2 is 1.88 bits per heavy atom. The van der Waals surface area contributed by atoms with E-state index in [-0.39, 0.29) is 36.4 Å². The van der Waals surface area contributed by atoms with Crippen molar-refractivity contribution in [3.63, 3.8) is 0 Å². The van der Waals surface area contributed by atoms with Gasteiger partial charge in [-0.2, -0.15) is 0 Å². The van der Waals surface area contributed by atoms with E-state index in [9.17, 15) is 18.4 Å². The molecule has 1 fully saturated rings. The number of carbonyl (C=O) groups is 2. The highest BCUT2D eigenvalue weighted by Gasteiger charge is 2.38. The lowest BCUT2D eigenvalue weighted by molar-refractivity contribution is -0.127. The molecular formula is C19H19F2N3O2. The Balaban J connectivity index is 1.66. The highest BCUT2D eigenvalue weighted by molar-refractivity contribution is 5.80. The predicted octanol–water partition coefficient (Wildman–Crippen LogP) is 2.24. The van der Waals surface area contributed by atoms with Gasteiger partial charge in [-0.1, -0.05) is 6.07 Å². The van der Waals surface area contributed by atoms with Crippen molar-refractivity contribution in [1.29, 1.82) is 0 Å². The van der Waals surface area contributed by atoms with Gasteiger partial charge in [0, 0.05) is 43.9 Å². The van der Waals surface area contributed by atoms with Crippen LogP contribution in [-0.2, 0) is 16.0 Å². The predicted molar refractivity (Wildman–Crippen MR) is 90.9 cm³/mol. The zero-order chi connectivity index (χ0) is 18.7. The Morgan fingerprint density at radius 1 is 1.23 bits per heavy atom. The number of pyridine rings is 1. The third kappa shape index (κ3) is 3.71. The van der Waals surface area contributed by atoms with Gasteiger partial charge in [0.05, 0.1) is 12.5 Å². The van der Waals surface area contributed by atoms with Crippen molar-refractivity contribution in [2.75, 3.05) is 13.6 Å². The lowest BCUT2D eigenvalue weighted by Gasteiger charge is -2.25. The highest BCUT2D eigenvalue weighted by Crippen LogP contribution is 2.36. The van der Waals surface area contributed by atoms with Gasteiger partial charge in [0.15, 0.2) is 0 Å². The molecule has 2 aromatic rings. The topological polar surface area (TPSA) is 62.3 Å². The molecule has 0 saturated carbocycles. The van der Waals surface area contributed by atoms with Gasteiger partial charge < -0.3 is 10.2 Å². The lowest BCUT2D eigenvalue weighted by atomic mass is 9.94. The molecule has 7 heteroatoms. The first-order valence-corrected chi connectivity index (χ1v) is 8.32. The first-order valence-electron chi connectivity index (χ1n) is 8.32. The molecule has 1 aromatic heterocycles. The number of likely N-dealkylation sites (tertiary alicyclic amines) is 1. The van der Waals surface area contributed by atoms with Crippen LogP contribution < -0.4 is 5.32 Å². The Morgan fingerprint density at radius 3 is 2.54 bits per heavy atom. The van der Waals surface area contributed by atoms with Crippen molar-refractivity contribution in [2.24, 2.45) is 5.92 Å². The summed E-state index contributed by atoms with van der Waals surface area (Å²) in [6.07, 6.45) is 3.23. The standard InChI is InChI=1S/C19H19F2N3O2/c1-24-18(26)9-13(19(24)12-5-7-22-8-6-12)11-23-17(25)10-14-15(20)3-2-4-16(14)21/h2-8,13,19H,9-11H2,1H3,(H,23,25)/t13-,19-/m0/s1. The van der Waals surface area contributed by atoms with E-state index in [0.29, 0.717) is 6.42 Å². The van der Waals surface area contributed by atoms with E-state index in [0.717, 1.165) is 17.7 Å². The Labute approximate surface area is 150 Å². The van der Waals surface area contributed by atoms with Gasteiger partial charge in [-0.15, -0.1) is 0 Å². The number of benzene rings is 1. The monoisotopic (exact) mass is 359 g/mol. The summed E-state index contributed by atoms with van der Waals surface area (Å²) < 4.78 is 27.3. The van der Waals surface area contributed by atoms with E-state index in [2.05, 4.69) is 10.3 Å². The van der Waals surface area contributed by atoms with E-state index in [1.807, 2.05) is 12.1 Å². The molecule has 0 spiro atoms. The van der Waals surface area contributed by atoms with E-state index in [1.54, 1.807) is 24.3 Å². The second kappa shape index (κ2) is 7.59. The van der Waals surface area contributed by atoms with Crippen LogP contribution in [-0.4, -0.2) is 35.3 Å². The van der Waals surface area contributed by atoms with Crippen molar-refractivity contribution in [3.8, 4) is 0 Å². The first-order chi connectivity index (χ1) is 12.5. The minimum absolute atomic E-state index is 0.00814. The van der Waals surface area contributed by atoms with Gasteiger partial charge in [-0.25, -0.2) is 8.78 Å². The van der Waals surface area contributed by atoms with E-state index in [1.165, 1.54) is 6.07 Å². The molecule has 0 aliphatic carbocycles. The fourth-order valence-corrected chi connectivity index (χ4v) is 3.36. The molecule has 1 aliphatic heterocycles. The molecule has 26 heavy (non-hydrogen) atoms. The zero-order valence-electron chi connectivity index (χ0n) is 14.3. The summed E-state index contributed by atoms with van der Waals surface area (Å²) in [7, 11) is 1.73. The fourth-order valence-electron chi connectivity index (χ4n) is 3.36. The maximum absolute atomic E-state index is 13.7. The van der Waals surface area contributed by atoms with Gasteiger partial charge >= 0.3 is 0 Å². The summed E-state index contributed by atoms with van der Waals surface area (Å²) in [5.74, 6) is -2.10. The Hall–Kier alpha value is -2.83. The quantitative estimate of drug-likeness (QED) is 0.891. The molecular weight excluding hydrogens is 340 g/mol. The summed E-state index contributed by atoms with van der Waals surface area (Å²) in [5.41, 5.74) is 0.683. The largest absolute Gasteiger partial charge is 0.355 e. The molecule has 2 heterocycles. The number of aromatic nitrogens is 1. The number of nitrogens with one attached hydrogen (secondary N) is 1. The van der Waals surface area contributed by atoms with Crippen molar-refractivity contribution in [3.05, 3.63) is 65.5 Å². The smallest absolute Gasteiger partial charge is 0.224 e. The molecule has 136 valence electrons. The number of hydrogen-bond acceptors (Lipinski definition) is 3. The van der Waals surface area contributed by atoms with Crippen LogP contribution in [0.5, 0.6) is 0 Å². The first kappa shape index (κ1) is 18.0. The van der Waals surface area contributed by atoms with Gasteiger partial charge in [0.2, 0.25) is 11.8 Å². The van der Waals surface area contributed by atoms with E-state index >= 15 is 0 Å². The average molecular weight is 359 g/mol. The van der Waals surface area contributed by atoms with Gasteiger partial charge in [-0.3, -0.25) is 14.6 Å². The number of hydrogen-bond donors (Lipinski definition) is 1. The molecule has 5 nitrogen and oxygen atoms in total. The van der Waals surface area contributed by atoms with Gasteiger partial charge in [-0.05, 0) is 29.8 Å². The van der Waals surface area contributed by atoms with Crippen LogP contribution >= 0.6 is 0 Å². The second-order valence-corrected chi connectivity index (χ2v) is 6.38. The minimum atomic E-state index is -0.745. The third-order valence-electron chi connectivity index (χ3n) is 4.70. The molecule has 0 unspecified atom stereocenters. The normalized spacial score (nSPS) is 19.7. The zero-order valence-corrected chi connectivity index (χ0v) is 14.3. The van der Waals surface area contributed by atoms with Gasteiger partial charge in [0.25, 0.3) is 0 Å². The van der Waals surface area contributed by atoms with Crippen LogP contribution in [0.4, 0.5) is 8.78 Å². The number of rotatable bonds is 5. The molecule has 1 saturated heterocycles. The number of amides is 2. The van der Waals surface area contributed by atoms with Crippen molar-refractivity contribution in [2.45, 2.75) is 18.9 Å². The molecule has 2 atom stereocenters. The molecule has 1 N–H and O–H groups in total. The molecule has 0 bridgehead atoms. The van der Waals surface area contributed by atoms with Crippen molar-refractivity contribution in [1.82, 2.24) is 15.2 Å². The number of carbonyl (C=O) groups excluding carboxylic acids is 2. The Kier molecular flexibility index (Phi) is 5.25. The number of halogens is 2. The van der Waals surface area contributed by atoms with Crippen LogP contribution in [0.25, 0.3) is 0 Å². The summed E-state index contributed by atoms with van der Waals surface area (Å²) in [6, 6.07) is 7.00. The SMILES string of the molecule is CN1C(=O)C[C@@H](CNC(=O)Cc2c(F)cccc2F)[C@@H]1c1ccncc1. The van der Waals surface area contributed by atoms with Crippen molar-refractivity contribution < 1.29 is 18.4 Å². The van der Waals surface area contributed by atoms with Crippen LogP contribution in [0.2, 0.25) is 0 Å². The van der Waals surface area contributed by atoms with Crippen LogP contribution in [0.3, 0.4) is 0 Å². The molecule has 1 aliphatic rings. The van der Waals surface area contributed by atoms with Crippen LogP contribution in [0, 0.1) is 17.6 Å². The average Bonchev–Trinajstić information content (AvgIpc) is 2.91. The summed E-state index contributed by atoms with van der Waals surface area (Å²) in [5, 5.41) is 2.70. The molecule has 2 amide bonds. The third-order valence-corrected chi connectivity index (χ3v) is 4.70. The van der Waals surface area contributed by atoms with Crippen LogP contribution in [0.1, 0.15) is 23.6 Å². The maximum atomic E-state index is 13.7. The summed E-state index contributed by atoms with van der Waals surface area (Å²) in [4.78, 5) is 29.9. The van der Waals surface area contributed by atoms with E-state index < -0.39 is 17.5 Å². The van der Waals surface area contributed by atoms with Crippen LogP contribution in [0.15, 0.2) is 42.7 Å². The summed E-state index contributed by atoms with van der Waals surface area (Å²) in [6.45, 7) is 0.248. The highest BCUT2D eigenvalue weighted by atomic mass is 19.1.